The van der Waals surface area contributed by atoms with Crippen molar-refractivity contribution in [1.82, 2.24) is 15.1 Å². The number of hydrogen-bond donors (Lipinski definition) is 6. The van der Waals surface area contributed by atoms with Gasteiger partial charge in [-0.1, -0.05) is 115 Å². The molecule has 2 fully saturated rings. The molecule has 4 atom stereocenters. The number of likely N-dealkylation sites (tertiary alicyclic amines) is 2. The summed E-state index contributed by atoms with van der Waals surface area (Å²) < 4.78 is 0. The number of unbranched alkanes of at least 4 members (excludes halogenated alkanes) is 12. The van der Waals surface area contributed by atoms with Crippen LogP contribution in [0.25, 0.3) is 0 Å². The van der Waals surface area contributed by atoms with E-state index in [0.717, 1.165) is 63.1 Å². The number of nitrogens with one attached hydrogen (secondary N) is 1. The largest absolute Gasteiger partial charge is 0.508 e. The highest BCUT2D eigenvalue weighted by Crippen LogP contribution is 2.26. The molecule has 2 heterocycles. The Morgan fingerprint density at radius 1 is 0.692 bits per heavy atom. The zero-order valence-corrected chi connectivity index (χ0v) is 32.1. The molecule has 4 rings (SSSR count). The Kier molecular flexibility index (Phi) is 20.8. The van der Waals surface area contributed by atoms with Crippen LogP contribution in [-0.2, 0) is 4.79 Å². The molecule has 0 aliphatic carbocycles. The van der Waals surface area contributed by atoms with Crippen LogP contribution in [0.3, 0.4) is 0 Å². The van der Waals surface area contributed by atoms with Crippen molar-refractivity contribution in [2.24, 2.45) is 5.73 Å². The number of aliphatic hydroxyl groups excluding tert-OH is 2. The van der Waals surface area contributed by atoms with Crippen LogP contribution in [0, 0.1) is 0 Å². The van der Waals surface area contributed by atoms with Crippen LogP contribution in [0.1, 0.15) is 146 Å². The Balaban J connectivity index is 0.000000338. The summed E-state index contributed by atoms with van der Waals surface area (Å²) in [5.74, 6) is 0.390. The molecule has 2 aromatic rings. The number of benzene rings is 2. The normalized spacial score (nSPS) is 16.9. The standard InChI is InChI=1S/C29H50N2O3.C14H20N2O2/c1-2-3-4-5-6-7-8-9-10-11-12-13-14-17-28(33)30-27(24-31-22-15-16-23-31)29(34)25-18-20-26(32)21-19-25;1-10(16-8-2-3-9-16)13(15)14(18)11-4-6-12(17)7-5-11/h18-21,27,29,32,34H,2-17,22-24H2,1H3,(H,30,33);4-7,13-14,17-18H,1-3,8-9,15H2/t27-,29-;13-,14-/m11/s1. The van der Waals surface area contributed by atoms with E-state index in [9.17, 15) is 25.2 Å². The number of aliphatic hydroxyl groups is 2. The third-order valence-electron chi connectivity index (χ3n) is 10.6. The number of phenolic OH excluding ortho intramolecular Hbond substituents is 2. The number of aromatic hydroxyl groups is 2. The van der Waals surface area contributed by atoms with Crippen molar-refractivity contribution in [1.29, 1.82) is 0 Å². The van der Waals surface area contributed by atoms with Gasteiger partial charge in [-0.15, -0.1) is 0 Å². The van der Waals surface area contributed by atoms with Crippen molar-refractivity contribution in [3.63, 3.8) is 0 Å². The van der Waals surface area contributed by atoms with Gasteiger partial charge in [-0.25, -0.2) is 0 Å². The van der Waals surface area contributed by atoms with Crippen LogP contribution in [0.15, 0.2) is 60.8 Å². The summed E-state index contributed by atoms with van der Waals surface area (Å²) in [7, 11) is 0. The van der Waals surface area contributed by atoms with Gasteiger partial charge < -0.3 is 41.3 Å². The highest BCUT2D eigenvalue weighted by molar-refractivity contribution is 5.76. The second-order valence-electron chi connectivity index (χ2n) is 15.0. The average Bonchev–Trinajstić information content (AvgIpc) is 3.89. The lowest BCUT2D eigenvalue weighted by Crippen LogP contribution is -2.46. The molecule has 9 nitrogen and oxygen atoms in total. The molecular weight excluding hydrogens is 652 g/mol. The van der Waals surface area contributed by atoms with Crippen LogP contribution in [0.4, 0.5) is 0 Å². The van der Waals surface area contributed by atoms with E-state index in [4.69, 9.17) is 5.73 Å². The lowest BCUT2D eigenvalue weighted by atomic mass is 10.0. The molecule has 0 spiro atoms. The molecule has 7 N–H and O–H groups in total. The first-order valence-corrected chi connectivity index (χ1v) is 20.3. The zero-order chi connectivity index (χ0) is 37.6. The fourth-order valence-corrected chi connectivity index (χ4v) is 7.23. The number of carbonyl (C=O) groups is 1. The molecule has 9 heteroatoms. The molecule has 0 radical (unpaired) electrons. The van der Waals surface area contributed by atoms with Crippen molar-refractivity contribution in [3.8, 4) is 11.5 Å². The van der Waals surface area contributed by atoms with Crippen molar-refractivity contribution >= 4 is 5.91 Å². The number of nitrogens with two attached hydrogens (primary N) is 1. The van der Waals surface area contributed by atoms with E-state index >= 15 is 0 Å². The van der Waals surface area contributed by atoms with Crippen molar-refractivity contribution < 1.29 is 25.2 Å². The molecule has 2 aliphatic rings. The quantitative estimate of drug-likeness (QED) is 0.0637. The van der Waals surface area contributed by atoms with E-state index in [-0.39, 0.29) is 23.4 Å². The van der Waals surface area contributed by atoms with E-state index in [1.54, 1.807) is 48.5 Å². The summed E-state index contributed by atoms with van der Waals surface area (Å²) in [6, 6.07) is 12.2. The highest BCUT2D eigenvalue weighted by atomic mass is 16.3. The fraction of sp³-hybridized carbons (Fsp3) is 0.651. The maximum atomic E-state index is 12.6. The number of nitrogens with zero attached hydrogens (tertiary/aromatic N) is 2. The van der Waals surface area contributed by atoms with Gasteiger partial charge in [0.2, 0.25) is 5.91 Å². The summed E-state index contributed by atoms with van der Waals surface area (Å²) >= 11 is 0. The van der Waals surface area contributed by atoms with E-state index in [2.05, 4.69) is 28.6 Å². The molecule has 2 aliphatic heterocycles. The predicted octanol–water partition coefficient (Wildman–Crippen LogP) is 7.85. The molecule has 0 unspecified atom stereocenters. The lowest BCUT2D eigenvalue weighted by molar-refractivity contribution is -0.123. The molecule has 1 amide bonds. The average molecular weight is 723 g/mol. The molecule has 0 aromatic heterocycles. The lowest BCUT2D eigenvalue weighted by Gasteiger charge is -2.28. The van der Waals surface area contributed by atoms with Crippen LogP contribution < -0.4 is 11.1 Å². The number of phenols is 2. The Morgan fingerprint density at radius 3 is 1.60 bits per heavy atom. The fourth-order valence-electron chi connectivity index (χ4n) is 7.23. The Bertz CT molecular complexity index is 1250. The zero-order valence-electron chi connectivity index (χ0n) is 32.1. The summed E-state index contributed by atoms with van der Waals surface area (Å²) in [5.41, 5.74) is 8.26. The highest BCUT2D eigenvalue weighted by Gasteiger charge is 2.27. The second kappa shape index (κ2) is 25.0. The smallest absolute Gasteiger partial charge is 0.220 e. The number of carbonyl (C=O) groups excluding carboxylic acids is 1. The maximum absolute atomic E-state index is 12.6. The minimum Gasteiger partial charge on any atom is -0.508 e. The van der Waals surface area contributed by atoms with E-state index < -0.39 is 18.2 Å². The van der Waals surface area contributed by atoms with Gasteiger partial charge in [0, 0.05) is 31.8 Å². The monoisotopic (exact) mass is 723 g/mol. The van der Waals surface area contributed by atoms with E-state index in [1.807, 2.05) is 0 Å². The SMILES string of the molecule is C=C([C@@H](N)[C@H](O)c1ccc(O)cc1)N1CCCC1.CCCCCCCCCCCCCCCC(=O)N[C@H](CN1CCCC1)[C@H](O)c1ccc(O)cc1. The van der Waals surface area contributed by atoms with Gasteiger partial charge >= 0.3 is 0 Å². The Hall–Kier alpha value is -3.11. The van der Waals surface area contributed by atoms with Gasteiger partial charge in [0.05, 0.1) is 18.2 Å². The molecule has 0 bridgehead atoms. The van der Waals surface area contributed by atoms with Gasteiger partial charge in [0.25, 0.3) is 0 Å². The molecule has 2 saturated heterocycles. The first kappa shape index (κ1) is 43.3. The second-order valence-corrected chi connectivity index (χ2v) is 15.0. The predicted molar refractivity (Wildman–Crippen MR) is 212 cm³/mol. The third-order valence-corrected chi connectivity index (χ3v) is 10.6. The van der Waals surface area contributed by atoms with Crippen molar-refractivity contribution in [2.45, 2.75) is 147 Å². The van der Waals surface area contributed by atoms with E-state index in [0.29, 0.717) is 18.5 Å². The van der Waals surface area contributed by atoms with Gasteiger partial charge in [-0.3, -0.25) is 4.79 Å². The van der Waals surface area contributed by atoms with Crippen LogP contribution in [0.2, 0.25) is 0 Å². The Morgan fingerprint density at radius 2 is 1.12 bits per heavy atom. The van der Waals surface area contributed by atoms with Crippen molar-refractivity contribution in [2.75, 3.05) is 32.7 Å². The molecule has 292 valence electrons. The summed E-state index contributed by atoms with van der Waals surface area (Å²) in [5, 5.41) is 43.0. The molecular formula is C43H70N4O5. The molecule has 0 saturated carbocycles. The summed E-state index contributed by atoms with van der Waals surface area (Å²) in [6.45, 7) is 10.9. The first-order chi connectivity index (χ1) is 25.2. The number of amides is 1. The topological polar surface area (TPSA) is 143 Å². The number of hydrogen-bond acceptors (Lipinski definition) is 8. The molecule has 2 aromatic carbocycles. The van der Waals surface area contributed by atoms with Gasteiger partial charge in [0.15, 0.2) is 0 Å². The maximum Gasteiger partial charge on any atom is 0.220 e. The Labute approximate surface area is 314 Å². The van der Waals surface area contributed by atoms with Crippen molar-refractivity contribution in [3.05, 3.63) is 71.9 Å². The van der Waals surface area contributed by atoms with E-state index in [1.165, 1.54) is 83.5 Å². The van der Waals surface area contributed by atoms with Crippen LogP contribution in [-0.4, -0.2) is 80.9 Å². The van der Waals surface area contributed by atoms with Gasteiger partial charge in [-0.05, 0) is 80.6 Å². The van der Waals surface area contributed by atoms with Crippen LogP contribution in [0.5, 0.6) is 11.5 Å². The number of rotatable bonds is 23. The van der Waals surface area contributed by atoms with Crippen LogP contribution >= 0.6 is 0 Å². The van der Waals surface area contributed by atoms with Gasteiger partial charge in [0.1, 0.15) is 17.6 Å². The summed E-state index contributed by atoms with van der Waals surface area (Å²) in [4.78, 5) is 17.1. The first-order valence-electron chi connectivity index (χ1n) is 20.3. The van der Waals surface area contributed by atoms with Gasteiger partial charge in [-0.2, -0.15) is 0 Å². The minimum absolute atomic E-state index is 0.0325. The third kappa shape index (κ3) is 16.3. The minimum atomic E-state index is -0.793. The summed E-state index contributed by atoms with van der Waals surface area (Å²) in [6.07, 6.45) is 20.4. The molecule has 52 heavy (non-hydrogen) atoms.